The van der Waals surface area contributed by atoms with Crippen molar-refractivity contribution >= 4 is 0 Å². The second-order valence-corrected chi connectivity index (χ2v) is 3.71. The molecule has 0 radical (unpaired) electrons. The molecule has 0 saturated heterocycles. The van der Waals surface area contributed by atoms with E-state index in [0.717, 1.165) is 13.1 Å². The molecule has 0 aliphatic rings. The zero-order valence-corrected chi connectivity index (χ0v) is 8.85. The highest BCUT2D eigenvalue weighted by molar-refractivity contribution is 5.03. The maximum absolute atomic E-state index is 4.17. The zero-order chi connectivity index (χ0) is 10.5. The number of hydrogen-bond acceptors (Lipinski definition) is 2. The van der Waals surface area contributed by atoms with Gasteiger partial charge in [-0.1, -0.05) is 0 Å². The van der Waals surface area contributed by atoms with Gasteiger partial charge in [0.25, 0.3) is 0 Å². The summed E-state index contributed by atoms with van der Waals surface area (Å²) in [4.78, 5) is 3.17. The molecule has 0 saturated carbocycles. The third-order valence-electron chi connectivity index (χ3n) is 2.32. The van der Waals surface area contributed by atoms with Gasteiger partial charge < -0.3 is 10.3 Å². The van der Waals surface area contributed by atoms with Crippen LogP contribution in [0.3, 0.4) is 0 Å². The molecule has 2 rings (SSSR count). The predicted molar refractivity (Wildman–Crippen MR) is 59.3 cm³/mol. The first kappa shape index (κ1) is 9.98. The number of nitrogens with zero attached hydrogens (tertiary/aromatic N) is 2. The van der Waals surface area contributed by atoms with E-state index in [9.17, 15) is 0 Å². The summed E-state index contributed by atoms with van der Waals surface area (Å²) in [6.45, 7) is 3.92. The van der Waals surface area contributed by atoms with Crippen molar-refractivity contribution in [2.75, 3.05) is 0 Å². The number of aromatic amines is 1. The monoisotopic (exact) mass is 204 g/mol. The first-order chi connectivity index (χ1) is 7.34. The lowest BCUT2D eigenvalue weighted by Crippen LogP contribution is -2.30. The molecule has 0 aliphatic carbocycles. The van der Waals surface area contributed by atoms with Crippen molar-refractivity contribution in [1.29, 1.82) is 0 Å². The van der Waals surface area contributed by atoms with E-state index in [0.29, 0.717) is 6.04 Å². The largest absolute Gasteiger partial charge is 0.364 e. The molecule has 0 spiro atoms. The van der Waals surface area contributed by atoms with Gasteiger partial charge in [0.2, 0.25) is 0 Å². The molecule has 0 amide bonds. The highest BCUT2D eigenvalue weighted by Crippen LogP contribution is 1.96. The zero-order valence-electron chi connectivity index (χ0n) is 8.85. The maximum Gasteiger partial charge on any atom is 0.0560 e. The van der Waals surface area contributed by atoms with E-state index >= 15 is 0 Å². The van der Waals surface area contributed by atoms with Gasteiger partial charge in [0.15, 0.2) is 0 Å². The molecule has 2 aromatic heterocycles. The fourth-order valence-corrected chi connectivity index (χ4v) is 1.52. The molecule has 4 nitrogen and oxygen atoms in total. The summed E-state index contributed by atoms with van der Waals surface area (Å²) in [7, 11) is 0. The Labute approximate surface area is 89.3 Å². The molecule has 2 N–H and O–H groups in total. The highest BCUT2D eigenvalue weighted by atomic mass is 15.3. The normalized spacial score (nSPS) is 12.9. The summed E-state index contributed by atoms with van der Waals surface area (Å²) in [5.41, 5.74) is 1.21. The molecule has 4 heteroatoms. The summed E-state index contributed by atoms with van der Waals surface area (Å²) < 4.78 is 1.94. The Morgan fingerprint density at radius 3 is 3.13 bits per heavy atom. The molecule has 0 fully saturated rings. The fraction of sp³-hybridized carbons (Fsp3) is 0.364. The van der Waals surface area contributed by atoms with E-state index in [1.165, 1.54) is 5.69 Å². The van der Waals surface area contributed by atoms with Crippen LogP contribution in [0.4, 0.5) is 0 Å². The smallest absolute Gasteiger partial charge is 0.0560 e. The Morgan fingerprint density at radius 1 is 1.53 bits per heavy atom. The first-order valence-electron chi connectivity index (χ1n) is 5.17. The lowest BCUT2D eigenvalue weighted by atomic mass is 10.3. The van der Waals surface area contributed by atoms with E-state index < -0.39 is 0 Å². The van der Waals surface area contributed by atoms with E-state index in [2.05, 4.69) is 28.4 Å². The van der Waals surface area contributed by atoms with E-state index in [4.69, 9.17) is 0 Å². The lowest BCUT2D eigenvalue weighted by molar-refractivity contribution is 0.449. The van der Waals surface area contributed by atoms with Gasteiger partial charge in [0.1, 0.15) is 0 Å². The van der Waals surface area contributed by atoms with Crippen molar-refractivity contribution in [3.63, 3.8) is 0 Å². The molecule has 1 unspecified atom stereocenters. The summed E-state index contributed by atoms with van der Waals surface area (Å²) in [5.74, 6) is 0. The Morgan fingerprint density at radius 2 is 2.47 bits per heavy atom. The van der Waals surface area contributed by atoms with E-state index in [1.807, 2.05) is 29.2 Å². The minimum absolute atomic E-state index is 0.410. The Kier molecular flexibility index (Phi) is 3.19. The summed E-state index contributed by atoms with van der Waals surface area (Å²) in [6.07, 6.45) is 5.72. The standard InChI is InChI=1S/C11H16N4/c1-10(9-15-7-3-6-14-15)13-8-11-4-2-5-12-11/h2-7,10,12-13H,8-9H2,1H3. The van der Waals surface area contributed by atoms with Crippen molar-refractivity contribution in [3.05, 3.63) is 42.5 Å². The molecule has 0 aromatic carbocycles. The van der Waals surface area contributed by atoms with Gasteiger partial charge >= 0.3 is 0 Å². The number of nitrogens with one attached hydrogen (secondary N) is 2. The lowest BCUT2D eigenvalue weighted by Gasteiger charge is -2.13. The van der Waals surface area contributed by atoms with Gasteiger partial charge in [-0.3, -0.25) is 4.68 Å². The summed E-state index contributed by atoms with van der Waals surface area (Å²) in [6, 6.07) is 6.44. The van der Waals surface area contributed by atoms with Crippen LogP contribution in [0.2, 0.25) is 0 Å². The molecule has 0 bridgehead atoms. The average Bonchev–Trinajstić information content (AvgIpc) is 2.86. The molecule has 80 valence electrons. The van der Waals surface area contributed by atoms with Crippen LogP contribution in [0, 0.1) is 0 Å². The van der Waals surface area contributed by atoms with Crippen molar-refractivity contribution in [1.82, 2.24) is 20.1 Å². The van der Waals surface area contributed by atoms with Crippen molar-refractivity contribution < 1.29 is 0 Å². The maximum atomic E-state index is 4.17. The highest BCUT2D eigenvalue weighted by Gasteiger charge is 2.02. The second kappa shape index (κ2) is 4.79. The predicted octanol–water partition coefficient (Wildman–Crippen LogP) is 1.39. The first-order valence-corrected chi connectivity index (χ1v) is 5.17. The topological polar surface area (TPSA) is 45.6 Å². The van der Waals surface area contributed by atoms with Crippen molar-refractivity contribution in [3.8, 4) is 0 Å². The molecular weight excluding hydrogens is 188 g/mol. The SMILES string of the molecule is CC(Cn1cccn1)NCc1ccc[nH]1. The quantitative estimate of drug-likeness (QED) is 0.773. The average molecular weight is 204 g/mol. The van der Waals surface area contributed by atoms with Gasteiger partial charge in [0, 0.05) is 36.9 Å². The van der Waals surface area contributed by atoms with Crippen LogP contribution in [0.25, 0.3) is 0 Å². The second-order valence-electron chi connectivity index (χ2n) is 3.71. The molecule has 15 heavy (non-hydrogen) atoms. The van der Waals surface area contributed by atoms with E-state index in [1.54, 1.807) is 6.20 Å². The van der Waals surface area contributed by atoms with Crippen LogP contribution in [0.1, 0.15) is 12.6 Å². The third-order valence-corrected chi connectivity index (χ3v) is 2.32. The van der Waals surface area contributed by atoms with Crippen LogP contribution in [0.5, 0.6) is 0 Å². The number of hydrogen-bond donors (Lipinski definition) is 2. The van der Waals surface area contributed by atoms with Crippen LogP contribution in [0.15, 0.2) is 36.8 Å². The van der Waals surface area contributed by atoms with Gasteiger partial charge in [-0.15, -0.1) is 0 Å². The van der Waals surface area contributed by atoms with E-state index in [-0.39, 0.29) is 0 Å². The summed E-state index contributed by atoms with van der Waals surface area (Å²) >= 11 is 0. The minimum atomic E-state index is 0.410. The van der Waals surface area contributed by atoms with Crippen molar-refractivity contribution in [2.24, 2.45) is 0 Å². The Hall–Kier alpha value is -1.55. The Balaban J connectivity index is 1.76. The van der Waals surface area contributed by atoms with Crippen LogP contribution < -0.4 is 5.32 Å². The fourth-order valence-electron chi connectivity index (χ4n) is 1.52. The number of aromatic nitrogens is 3. The third kappa shape index (κ3) is 2.95. The summed E-state index contributed by atoms with van der Waals surface area (Å²) in [5, 5.41) is 7.60. The molecule has 0 aliphatic heterocycles. The van der Waals surface area contributed by atoms with Crippen LogP contribution in [-0.4, -0.2) is 20.8 Å². The van der Waals surface area contributed by atoms with Crippen LogP contribution >= 0.6 is 0 Å². The van der Waals surface area contributed by atoms with Gasteiger partial charge in [-0.05, 0) is 25.1 Å². The Bertz CT molecular complexity index is 363. The van der Waals surface area contributed by atoms with Crippen LogP contribution in [-0.2, 0) is 13.1 Å². The minimum Gasteiger partial charge on any atom is -0.364 e. The molecule has 2 aromatic rings. The molecule has 2 heterocycles. The van der Waals surface area contributed by atoms with Gasteiger partial charge in [-0.2, -0.15) is 5.10 Å². The number of H-pyrrole nitrogens is 1. The molecular formula is C11H16N4. The van der Waals surface area contributed by atoms with Gasteiger partial charge in [0.05, 0.1) is 6.54 Å². The van der Waals surface area contributed by atoms with Gasteiger partial charge in [-0.25, -0.2) is 0 Å². The molecule has 1 atom stereocenters. The van der Waals surface area contributed by atoms with Crippen molar-refractivity contribution in [2.45, 2.75) is 26.1 Å². The number of rotatable bonds is 5.